The van der Waals surface area contributed by atoms with Gasteiger partial charge in [-0.1, -0.05) is 48.0 Å². The van der Waals surface area contributed by atoms with Crippen LogP contribution in [0.5, 0.6) is 11.5 Å². The average Bonchev–Trinajstić information content (AvgIpc) is 2.62. The molecule has 122 valence electrons. The van der Waals surface area contributed by atoms with E-state index >= 15 is 0 Å². The van der Waals surface area contributed by atoms with E-state index in [1.165, 1.54) is 5.56 Å². The zero-order chi connectivity index (χ0) is 16.6. The molecular weight excluding hydrogens is 318 g/mol. The van der Waals surface area contributed by atoms with Crippen molar-refractivity contribution in [2.75, 3.05) is 11.9 Å². The van der Waals surface area contributed by atoms with Crippen LogP contribution < -0.4 is 10.1 Å². The van der Waals surface area contributed by atoms with Crippen molar-refractivity contribution >= 4 is 17.3 Å². The molecule has 1 N–H and O–H groups in total. The largest absolute Gasteiger partial charge is 0.457 e. The Bertz CT molecular complexity index is 756. The summed E-state index contributed by atoms with van der Waals surface area (Å²) in [6, 6.07) is 25.8. The maximum Gasteiger partial charge on any atom is 0.127 e. The van der Waals surface area contributed by atoms with Crippen LogP contribution in [0.1, 0.15) is 12.0 Å². The van der Waals surface area contributed by atoms with Gasteiger partial charge in [-0.15, -0.1) is 0 Å². The van der Waals surface area contributed by atoms with E-state index in [4.69, 9.17) is 16.3 Å². The number of benzene rings is 3. The van der Waals surface area contributed by atoms with Crippen LogP contribution in [0.3, 0.4) is 0 Å². The number of ether oxygens (including phenoxy) is 1. The second-order valence-corrected chi connectivity index (χ2v) is 5.97. The Hall–Kier alpha value is -2.45. The molecule has 0 aliphatic heterocycles. The smallest absolute Gasteiger partial charge is 0.127 e. The summed E-state index contributed by atoms with van der Waals surface area (Å²) in [5, 5.41) is 4.27. The number of nitrogens with one attached hydrogen (secondary N) is 1. The van der Waals surface area contributed by atoms with Crippen molar-refractivity contribution in [3.8, 4) is 11.5 Å². The lowest BCUT2D eigenvalue weighted by molar-refractivity contribution is 0.483. The summed E-state index contributed by atoms with van der Waals surface area (Å²) in [6.45, 7) is 0.907. The van der Waals surface area contributed by atoms with Gasteiger partial charge in [0.2, 0.25) is 0 Å². The quantitative estimate of drug-likeness (QED) is 0.520. The highest BCUT2D eigenvalue weighted by Crippen LogP contribution is 2.22. The van der Waals surface area contributed by atoms with Crippen LogP contribution >= 0.6 is 11.6 Å². The first-order valence-corrected chi connectivity index (χ1v) is 8.49. The molecule has 3 rings (SSSR count). The van der Waals surface area contributed by atoms with Crippen LogP contribution in [0.2, 0.25) is 5.02 Å². The molecule has 2 nitrogen and oxygen atoms in total. The molecule has 0 aliphatic carbocycles. The number of anilines is 1. The van der Waals surface area contributed by atoms with Crippen LogP contribution in [0.4, 0.5) is 5.69 Å². The van der Waals surface area contributed by atoms with Gasteiger partial charge in [-0.3, -0.25) is 0 Å². The third-order valence-corrected chi connectivity index (χ3v) is 4.11. The van der Waals surface area contributed by atoms with E-state index in [1.807, 2.05) is 72.8 Å². The normalized spacial score (nSPS) is 10.4. The minimum Gasteiger partial charge on any atom is -0.457 e. The number of halogens is 1. The van der Waals surface area contributed by atoms with Crippen LogP contribution in [-0.4, -0.2) is 6.54 Å². The first-order chi connectivity index (χ1) is 11.8. The van der Waals surface area contributed by atoms with E-state index in [-0.39, 0.29) is 0 Å². The molecule has 0 aliphatic rings. The molecule has 3 heteroatoms. The van der Waals surface area contributed by atoms with E-state index in [0.717, 1.165) is 41.6 Å². The molecule has 0 heterocycles. The summed E-state index contributed by atoms with van der Waals surface area (Å²) in [6.07, 6.45) is 2.01. The van der Waals surface area contributed by atoms with E-state index < -0.39 is 0 Å². The summed E-state index contributed by atoms with van der Waals surface area (Å²) in [7, 11) is 0. The number of rotatable bonds is 7. The maximum absolute atomic E-state index is 6.17. The highest BCUT2D eigenvalue weighted by atomic mass is 35.5. The van der Waals surface area contributed by atoms with E-state index in [9.17, 15) is 0 Å². The molecule has 0 spiro atoms. The van der Waals surface area contributed by atoms with Gasteiger partial charge in [0.1, 0.15) is 11.5 Å². The summed E-state index contributed by atoms with van der Waals surface area (Å²) in [5.74, 6) is 1.68. The zero-order valence-electron chi connectivity index (χ0n) is 13.4. The minimum absolute atomic E-state index is 0.836. The molecule has 3 aromatic rings. The van der Waals surface area contributed by atoms with Crippen LogP contribution in [0, 0.1) is 0 Å². The molecule has 0 fully saturated rings. The third kappa shape index (κ3) is 4.77. The van der Waals surface area contributed by atoms with Crippen LogP contribution in [0.25, 0.3) is 0 Å². The Balaban J connectivity index is 1.45. The first kappa shape index (κ1) is 16.4. The molecular formula is C21H20ClNO. The van der Waals surface area contributed by atoms with Gasteiger partial charge < -0.3 is 10.1 Å². The lowest BCUT2D eigenvalue weighted by Crippen LogP contribution is -2.03. The number of para-hydroxylation sites is 1. The van der Waals surface area contributed by atoms with Crippen LogP contribution in [0.15, 0.2) is 78.9 Å². The number of aryl methyl sites for hydroxylation is 1. The Labute approximate surface area is 148 Å². The minimum atomic E-state index is 0.836. The fourth-order valence-electron chi connectivity index (χ4n) is 2.48. The van der Waals surface area contributed by atoms with Crippen molar-refractivity contribution in [2.24, 2.45) is 0 Å². The maximum atomic E-state index is 6.17. The van der Waals surface area contributed by atoms with E-state index in [0.29, 0.717) is 0 Å². The lowest BCUT2D eigenvalue weighted by atomic mass is 10.1. The summed E-state index contributed by atoms with van der Waals surface area (Å²) < 4.78 is 5.79. The topological polar surface area (TPSA) is 21.3 Å². The Morgan fingerprint density at radius 3 is 2.17 bits per heavy atom. The molecule has 3 aromatic carbocycles. The number of hydrogen-bond acceptors (Lipinski definition) is 2. The summed E-state index contributed by atoms with van der Waals surface area (Å²) in [4.78, 5) is 0. The lowest BCUT2D eigenvalue weighted by Gasteiger charge is -2.09. The van der Waals surface area contributed by atoms with Crippen molar-refractivity contribution in [3.63, 3.8) is 0 Å². The average molecular weight is 338 g/mol. The van der Waals surface area contributed by atoms with Gasteiger partial charge in [0.25, 0.3) is 0 Å². The standard InChI is InChI=1S/C21H20ClNO/c22-21-11-5-4-7-17(21)8-6-16-23-18-12-14-20(15-13-18)24-19-9-2-1-3-10-19/h1-5,7,9-15,23H,6,8,16H2. The van der Waals surface area contributed by atoms with Gasteiger partial charge in [-0.25, -0.2) is 0 Å². The SMILES string of the molecule is Clc1ccccc1CCCNc1ccc(Oc2ccccc2)cc1. The monoisotopic (exact) mass is 337 g/mol. The second kappa shape index (κ2) is 8.42. The van der Waals surface area contributed by atoms with Crippen molar-refractivity contribution in [1.29, 1.82) is 0 Å². The molecule has 0 aromatic heterocycles. The Kier molecular flexibility index (Phi) is 5.75. The predicted molar refractivity (Wildman–Crippen MR) is 101 cm³/mol. The molecule has 0 atom stereocenters. The Morgan fingerprint density at radius 2 is 1.42 bits per heavy atom. The van der Waals surface area contributed by atoms with E-state index in [1.54, 1.807) is 0 Å². The Morgan fingerprint density at radius 1 is 0.750 bits per heavy atom. The molecule has 0 radical (unpaired) electrons. The summed E-state index contributed by atoms with van der Waals surface area (Å²) in [5.41, 5.74) is 2.29. The van der Waals surface area contributed by atoms with Gasteiger partial charge in [0, 0.05) is 17.3 Å². The highest BCUT2D eigenvalue weighted by molar-refractivity contribution is 6.31. The fourth-order valence-corrected chi connectivity index (χ4v) is 2.71. The van der Waals surface area contributed by atoms with Crippen molar-refractivity contribution in [2.45, 2.75) is 12.8 Å². The van der Waals surface area contributed by atoms with Gasteiger partial charge >= 0.3 is 0 Å². The zero-order valence-corrected chi connectivity index (χ0v) is 14.2. The van der Waals surface area contributed by atoms with Crippen molar-refractivity contribution in [1.82, 2.24) is 0 Å². The predicted octanol–water partition coefficient (Wildman–Crippen LogP) is 6.18. The molecule has 0 saturated heterocycles. The first-order valence-electron chi connectivity index (χ1n) is 8.11. The number of hydrogen-bond donors (Lipinski definition) is 1. The molecule has 24 heavy (non-hydrogen) atoms. The second-order valence-electron chi connectivity index (χ2n) is 5.56. The fraction of sp³-hybridized carbons (Fsp3) is 0.143. The van der Waals surface area contributed by atoms with Gasteiger partial charge in [0.05, 0.1) is 0 Å². The summed E-state index contributed by atoms with van der Waals surface area (Å²) >= 11 is 6.17. The van der Waals surface area contributed by atoms with Crippen molar-refractivity contribution < 1.29 is 4.74 Å². The molecule has 0 unspecified atom stereocenters. The third-order valence-electron chi connectivity index (χ3n) is 3.74. The molecule has 0 amide bonds. The highest BCUT2D eigenvalue weighted by Gasteiger charge is 2.00. The van der Waals surface area contributed by atoms with Gasteiger partial charge in [0.15, 0.2) is 0 Å². The van der Waals surface area contributed by atoms with Crippen LogP contribution in [-0.2, 0) is 6.42 Å². The molecule has 0 bridgehead atoms. The van der Waals surface area contributed by atoms with E-state index in [2.05, 4.69) is 11.4 Å². The molecule has 0 saturated carbocycles. The van der Waals surface area contributed by atoms with Crippen molar-refractivity contribution in [3.05, 3.63) is 89.4 Å². The van der Waals surface area contributed by atoms with Gasteiger partial charge in [-0.05, 0) is 60.9 Å². The van der Waals surface area contributed by atoms with Gasteiger partial charge in [-0.2, -0.15) is 0 Å².